The van der Waals surface area contributed by atoms with Crippen LogP contribution >= 0.6 is 11.6 Å². The third-order valence-corrected chi connectivity index (χ3v) is 5.11. The van der Waals surface area contributed by atoms with Gasteiger partial charge >= 0.3 is 0 Å². The van der Waals surface area contributed by atoms with Crippen LogP contribution in [0.4, 0.5) is 5.69 Å². The summed E-state index contributed by atoms with van der Waals surface area (Å²) < 4.78 is 0. The highest BCUT2D eigenvalue weighted by molar-refractivity contribution is 6.35. The number of fused-ring (bicyclic) bond motifs is 1. The molecule has 1 atom stereocenters. The van der Waals surface area contributed by atoms with E-state index in [9.17, 15) is 0 Å². The highest BCUT2D eigenvalue weighted by Gasteiger charge is 2.40. The van der Waals surface area contributed by atoms with Gasteiger partial charge in [-0.3, -0.25) is 4.98 Å². The van der Waals surface area contributed by atoms with Crippen molar-refractivity contribution in [3.8, 4) is 0 Å². The molecule has 2 fully saturated rings. The molecule has 3 nitrogen and oxygen atoms in total. The normalized spacial score (nSPS) is 25.9. The number of hydrogen-bond donors (Lipinski definition) is 1. The lowest BCUT2D eigenvalue weighted by molar-refractivity contribution is 0.369. The second-order valence-corrected chi connectivity index (χ2v) is 6.47. The first kappa shape index (κ1) is 12.4. The zero-order chi connectivity index (χ0) is 13.6. The molecule has 2 aliphatic rings. The first-order chi connectivity index (χ1) is 9.77. The molecule has 0 amide bonds. The highest BCUT2D eigenvalue weighted by Crippen LogP contribution is 2.40. The Labute approximate surface area is 123 Å². The first-order valence-corrected chi connectivity index (χ1v) is 7.64. The fraction of sp³-hybridized carbons (Fsp3) is 0.438. The lowest BCUT2D eigenvalue weighted by atomic mass is 9.86. The monoisotopic (exact) mass is 287 g/mol. The van der Waals surface area contributed by atoms with Gasteiger partial charge in [0.1, 0.15) is 0 Å². The van der Waals surface area contributed by atoms with Crippen molar-refractivity contribution in [1.82, 2.24) is 10.3 Å². The van der Waals surface area contributed by atoms with Gasteiger partial charge in [-0.15, -0.1) is 0 Å². The number of nitrogens with one attached hydrogen (secondary N) is 1. The van der Waals surface area contributed by atoms with E-state index in [2.05, 4.69) is 27.3 Å². The van der Waals surface area contributed by atoms with Crippen molar-refractivity contribution in [3.63, 3.8) is 0 Å². The molecule has 4 rings (SSSR count). The van der Waals surface area contributed by atoms with Crippen LogP contribution < -0.4 is 10.2 Å². The summed E-state index contributed by atoms with van der Waals surface area (Å²) in [5, 5.41) is 5.42. The largest absolute Gasteiger partial charge is 0.370 e. The second kappa shape index (κ2) is 4.61. The molecule has 0 radical (unpaired) electrons. The smallest absolute Gasteiger partial charge is 0.0908 e. The summed E-state index contributed by atoms with van der Waals surface area (Å²) in [6.07, 6.45) is 4.46. The number of hydrogen-bond acceptors (Lipinski definition) is 3. The molecular weight excluding hydrogens is 270 g/mol. The van der Waals surface area contributed by atoms with Gasteiger partial charge in [-0.05, 0) is 31.5 Å². The Hall–Kier alpha value is -1.32. The van der Waals surface area contributed by atoms with Gasteiger partial charge in [0.15, 0.2) is 0 Å². The topological polar surface area (TPSA) is 28.2 Å². The predicted octanol–water partition coefficient (Wildman–Crippen LogP) is 3.08. The van der Waals surface area contributed by atoms with Gasteiger partial charge in [-0.1, -0.05) is 23.7 Å². The van der Waals surface area contributed by atoms with Crippen molar-refractivity contribution < 1.29 is 0 Å². The Bertz CT molecular complexity index is 649. The van der Waals surface area contributed by atoms with Crippen LogP contribution in [0.2, 0.25) is 5.02 Å². The van der Waals surface area contributed by atoms with E-state index in [4.69, 9.17) is 11.6 Å². The van der Waals surface area contributed by atoms with Gasteiger partial charge in [0.2, 0.25) is 0 Å². The Morgan fingerprint density at radius 3 is 3.05 bits per heavy atom. The molecule has 0 unspecified atom stereocenters. The molecule has 2 aliphatic heterocycles. The number of rotatable bonds is 1. The van der Waals surface area contributed by atoms with E-state index in [0.29, 0.717) is 5.41 Å². The maximum Gasteiger partial charge on any atom is 0.0908 e. The van der Waals surface area contributed by atoms with Gasteiger partial charge in [0.25, 0.3) is 0 Å². The minimum absolute atomic E-state index is 0.480. The van der Waals surface area contributed by atoms with Gasteiger partial charge in [-0.2, -0.15) is 0 Å². The van der Waals surface area contributed by atoms with Crippen molar-refractivity contribution in [2.75, 3.05) is 31.1 Å². The number of halogens is 1. The molecule has 104 valence electrons. The fourth-order valence-corrected chi connectivity index (χ4v) is 3.91. The number of nitrogens with zero attached hydrogens (tertiary/aromatic N) is 2. The summed E-state index contributed by atoms with van der Waals surface area (Å²) in [6, 6.07) is 8.17. The fourth-order valence-electron chi connectivity index (χ4n) is 3.69. The van der Waals surface area contributed by atoms with Crippen LogP contribution in [-0.2, 0) is 0 Å². The van der Waals surface area contributed by atoms with Crippen molar-refractivity contribution in [1.29, 1.82) is 0 Å². The van der Waals surface area contributed by atoms with Crippen molar-refractivity contribution in [2.24, 2.45) is 5.41 Å². The van der Waals surface area contributed by atoms with Crippen LogP contribution in [0.3, 0.4) is 0 Å². The molecule has 3 heterocycles. The van der Waals surface area contributed by atoms with Crippen molar-refractivity contribution >= 4 is 28.2 Å². The van der Waals surface area contributed by atoms with Crippen LogP contribution in [0.1, 0.15) is 12.8 Å². The van der Waals surface area contributed by atoms with E-state index < -0.39 is 0 Å². The van der Waals surface area contributed by atoms with Crippen LogP contribution in [0, 0.1) is 5.41 Å². The van der Waals surface area contributed by atoms with E-state index in [0.717, 1.165) is 36.7 Å². The molecule has 0 bridgehead atoms. The molecular formula is C16H18ClN3. The first-order valence-electron chi connectivity index (χ1n) is 7.26. The number of benzene rings is 1. The average molecular weight is 288 g/mol. The Morgan fingerprint density at radius 1 is 1.25 bits per heavy atom. The molecule has 2 saturated heterocycles. The van der Waals surface area contributed by atoms with Crippen molar-refractivity contribution in [2.45, 2.75) is 12.8 Å². The lowest BCUT2D eigenvalue weighted by Gasteiger charge is -2.25. The average Bonchev–Trinajstić information content (AvgIpc) is 3.10. The minimum Gasteiger partial charge on any atom is -0.370 e. The van der Waals surface area contributed by atoms with Gasteiger partial charge < -0.3 is 10.2 Å². The van der Waals surface area contributed by atoms with Gasteiger partial charge in [-0.25, -0.2) is 0 Å². The predicted molar refractivity (Wildman–Crippen MR) is 83.5 cm³/mol. The third kappa shape index (κ3) is 1.88. The zero-order valence-corrected chi connectivity index (χ0v) is 12.2. The lowest BCUT2D eigenvalue weighted by Crippen LogP contribution is -2.29. The number of aromatic nitrogens is 1. The maximum absolute atomic E-state index is 6.27. The molecule has 1 N–H and O–H groups in total. The summed E-state index contributed by atoms with van der Waals surface area (Å²) >= 11 is 6.27. The third-order valence-electron chi connectivity index (χ3n) is 4.81. The van der Waals surface area contributed by atoms with Gasteiger partial charge in [0.05, 0.1) is 10.5 Å². The molecule has 0 saturated carbocycles. The summed E-state index contributed by atoms with van der Waals surface area (Å²) in [5.41, 5.74) is 2.67. The summed E-state index contributed by atoms with van der Waals surface area (Å²) in [5.74, 6) is 0. The van der Waals surface area contributed by atoms with E-state index in [1.165, 1.54) is 23.9 Å². The highest BCUT2D eigenvalue weighted by atomic mass is 35.5. The van der Waals surface area contributed by atoms with Crippen molar-refractivity contribution in [3.05, 3.63) is 35.5 Å². The number of para-hydroxylation sites is 1. The van der Waals surface area contributed by atoms with E-state index >= 15 is 0 Å². The molecule has 2 aromatic rings. The minimum atomic E-state index is 0.480. The second-order valence-electron chi connectivity index (χ2n) is 6.06. The molecule has 0 aliphatic carbocycles. The molecule has 20 heavy (non-hydrogen) atoms. The zero-order valence-electron chi connectivity index (χ0n) is 11.4. The van der Waals surface area contributed by atoms with E-state index in [-0.39, 0.29) is 0 Å². The van der Waals surface area contributed by atoms with E-state index in [1.807, 2.05) is 18.3 Å². The SMILES string of the molecule is Clc1cccc2c(N3CC[C@]4(CCNC4)C3)ccnc12. The Morgan fingerprint density at radius 2 is 2.20 bits per heavy atom. The van der Waals surface area contributed by atoms with Crippen LogP contribution in [-0.4, -0.2) is 31.2 Å². The van der Waals surface area contributed by atoms with Gasteiger partial charge in [0, 0.05) is 42.3 Å². The maximum atomic E-state index is 6.27. The van der Waals surface area contributed by atoms with Crippen LogP contribution in [0.25, 0.3) is 10.9 Å². The number of pyridine rings is 1. The summed E-state index contributed by atoms with van der Waals surface area (Å²) in [7, 11) is 0. The molecule has 1 aromatic carbocycles. The summed E-state index contributed by atoms with van der Waals surface area (Å²) in [6.45, 7) is 4.60. The number of anilines is 1. The Balaban J connectivity index is 1.74. The molecule has 1 spiro atoms. The van der Waals surface area contributed by atoms with Crippen LogP contribution in [0.15, 0.2) is 30.5 Å². The van der Waals surface area contributed by atoms with E-state index in [1.54, 1.807) is 0 Å². The molecule has 1 aromatic heterocycles. The Kier molecular flexibility index (Phi) is 2.86. The van der Waals surface area contributed by atoms with Crippen LogP contribution in [0.5, 0.6) is 0 Å². The standard InChI is InChI=1S/C16H18ClN3/c17-13-3-1-2-12-14(4-7-19-15(12)13)20-9-6-16(11-20)5-8-18-10-16/h1-4,7,18H,5-6,8-11H2/t16-/m0/s1. The summed E-state index contributed by atoms with van der Waals surface area (Å²) in [4.78, 5) is 6.94. The quantitative estimate of drug-likeness (QED) is 0.874. The molecule has 4 heteroatoms.